The maximum Gasteiger partial charge on any atom is 0.137 e. The van der Waals surface area contributed by atoms with Crippen LogP contribution < -0.4 is 5.14 Å². The number of benzene rings is 1. The third kappa shape index (κ3) is 2.87. The van der Waals surface area contributed by atoms with Crippen molar-refractivity contribution in [1.82, 2.24) is 0 Å². The maximum absolute atomic E-state index is 13.6. The zero-order valence-electron chi connectivity index (χ0n) is 11.3. The largest absolute Gasteiger partial charge is 0.461 e. The molecule has 3 nitrogen and oxygen atoms in total. The van der Waals surface area contributed by atoms with Crippen LogP contribution in [-0.2, 0) is 11.0 Å². The van der Waals surface area contributed by atoms with Gasteiger partial charge in [0.2, 0.25) is 0 Å². The molecular weight excluding hydrogens is 265 g/mol. The summed E-state index contributed by atoms with van der Waals surface area (Å²) in [5.74, 6) is 0.425. The van der Waals surface area contributed by atoms with Crippen LogP contribution in [0.25, 0.3) is 11.0 Å². The number of halogens is 1. The smallest absolute Gasteiger partial charge is 0.137 e. The summed E-state index contributed by atoms with van der Waals surface area (Å²) in [7, 11) is -1.41. The molecule has 2 N–H and O–H groups in total. The van der Waals surface area contributed by atoms with Gasteiger partial charge in [-0.25, -0.2) is 8.60 Å². The molecular formula is C14H18FNO2S. The summed E-state index contributed by atoms with van der Waals surface area (Å²) in [5, 5.41) is 5.96. The fourth-order valence-corrected chi connectivity index (χ4v) is 2.62. The predicted molar refractivity (Wildman–Crippen MR) is 75.6 cm³/mol. The molecule has 0 amide bonds. The van der Waals surface area contributed by atoms with Gasteiger partial charge in [0, 0.05) is 5.92 Å². The van der Waals surface area contributed by atoms with E-state index in [9.17, 15) is 8.60 Å². The van der Waals surface area contributed by atoms with Gasteiger partial charge in [0.25, 0.3) is 0 Å². The quantitative estimate of drug-likeness (QED) is 0.934. The molecule has 104 valence electrons. The van der Waals surface area contributed by atoms with Gasteiger partial charge in [-0.1, -0.05) is 13.0 Å². The summed E-state index contributed by atoms with van der Waals surface area (Å²) in [6.45, 7) is 5.66. The molecule has 0 saturated carbocycles. The first-order chi connectivity index (χ1) is 8.81. The lowest BCUT2D eigenvalue weighted by molar-refractivity contribution is 0.454. The highest BCUT2D eigenvalue weighted by Crippen LogP contribution is 2.32. The summed E-state index contributed by atoms with van der Waals surface area (Å²) in [5.41, 5.74) is 0.536. The first-order valence-corrected chi connectivity index (χ1v) is 7.37. The van der Waals surface area contributed by atoms with Crippen LogP contribution in [0.1, 0.15) is 38.9 Å². The molecule has 0 fully saturated rings. The van der Waals surface area contributed by atoms with E-state index in [1.807, 2.05) is 20.8 Å². The van der Waals surface area contributed by atoms with Crippen LogP contribution >= 0.6 is 0 Å². The van der Waals surface area contributed by atoms with Crippen LogP contribution in [0, 0.1) is 5.82 Å². The van der Waals surface area contributed by atoms with E-state index < -0.39 is 15.7 Å². The van der Waals surface area contributed by atoms with Crippen LogP contribution in [0.15, 0.2) is 28.7 Å². The summed E-state index contributed by atoms with van der Waals surface area (Å²) in [6.07, 6.45) is 0.609. The standard InChI is InChI=1S/C14H18FNO2S/c1-9(8-14(2,3)19(16)17)13-7-10-11(15)5-4-6-12(10)18-13/h4-7,9H,8,16H2,1-3H3/t9-,19?/m1/s1. The van der Waals surface area contributed by atoms with E-state index in [0.717, 1.165) is 0 Å². The average Bonchev–Trinajstić information content (AvgIpc) is 2.73. The van der Waals surface area contributed by atoms with Crippen molar-refractivity contribution in [3.8, 4) is 0 Å². The van der Waals surface area contributed by atoms with Crippen molar-refractivity contribution in [3.05, 3.63) is 35.8 Å². The van der Waals surface area contributed by atoms with Gasteiger partial charge in [0.05, 0.1) is 21.1 Å². The van der Waals surface area contributed by atoms with E-state index >= 15 is 0 Å². The molecule has 5 heteroatoms. The Balaban J connectivity index is 2.29. The number of hydrogen-bond acceptors (Lipinski definition) is 2. The minimum absolute atomic E-state index is 0.0225. The average molecular weight is 283 g/mol. The Morgan fingerprint density at radius 1 is 1.47 bits per heavy atom. The lowest BCUT2D eigenvalue weighted by Gasteiger charge is -2.23. The number of nitrogens with two attached hydrogens (primary N) is 1. The number of fused-ring (bicyclic) bond motifs is 1. The Labute approximate surface area is 114 Å². The lowest BCUT2D eigenvalue weighted by atomic mass is 9.96. The van der Waals surface area contributed by atoms with E-state index in [-0.39, 0.29) is 11.7 Å². The molecule has 2 rings (SSSR count). The normalized spacial score (nSPS) is 15.6. The van der Waals surface area contributed by atoms with Crippen molar-refractivity contribution in [3.63, 3.8) is 0 Å². The summed E-state index contributed by atoms with van der Waals surface area (Å²) >= 11 is 0. The van der Waals surface area contributed by atoms with E-state index in [0.29, 0.717) is 23.2 Å². The summed E-state index contributed by atoms with van der Waals surface area (Å²) in [6, 6.07) is 6.48. The number of furan rings is 1. The SMILES string of the molecule is C[C@H](CC(C)(C)S(N)=O)c1cc2c(F)cccc2o1. The third-order valence-electron chi connectivity index (χ3n) is 3.36. The molecule has 1 aromatic carbocycles. The highest BCUT2D eigenvalue weighted by atomic mass is 32.2. The molecule has 0 spiro atoms. The van der Waals surface area contributed by atoms with Gasteiger partial charge in [0.15, 0.2) is 0 Å². The molecule has 19 heavy (non-hydrogen) atoms. The van der Waals surface area contributed by atoms with Gasteiger partial charge in [-0.05, 0) is 38.5 Å². The van der Waals surface area contributed by atoms with Crippen molar-refractivity contribution >= 4 is 22.0 Å². The highest BCUT2D eigenvalue weighted by molar-refractivity contribution is 7.84. The fourth-order valence-electron chi connectivity index (χ4n) is 2.21. The minimum atomic E-state index is -1.41. The maximum atomic E-state index is 13.6. The van der Waals surface area contributed by atoms with Crippen LogP contribution in [-0.4, -0.2) is 8.96 Å². The first-order valence-electron chi connectivity index (χ1n) is 6.15. The first kappa shape index (κ1) is 14.2. The molecule has 1 unspecified atom stereocenters. The monoisotopic (exact) mass is 283 g/mol. The Kier molecular flexibility index (Phi) is 3.78. The van der Waals surface area contributed by atoms with E-state index in [4.69, 9.17) is 9.56 Å². The number of rotatable bonds is 4. The molecule has 0 aliphatic rings. The third-order valence-corrected chi connectivity index (χ3v) is 4.61. The van der Waals surface area contributed by atoms with Crippen LogP contribution in [0.3, 0.4) is 0 Å². The van der Waals surface area contributed by atoms with Gasteiger partial charge < -0.3 is 4.42 Å². The summed E-state index contributed by atoms with van der Waals surface area (Å²) in [4.78, 5) is 0. The van der Waals surface area contributed by atoms with Crippen molar-refractivity contribution in [2.75, 3.05) is 0 Å². The molecule has 1 aromatic heterocycles. The van der Waals surface area contributed by atoms with Crippen LogP contribution in [0.4, 0.5) is 4.39 Å². The second-order valence-electron chi connectivity index (χ2n) is 5.46. The second-order valence-corrected chi connectivity index (χ2v) is 7.16. The Bertz CT molecular complexity index is 621. The van der Waals surface area contributed by atoms with Gasteiger partial charge in [0.1, 0.15) is 17.2 Å². The van der Waals surface area contributed by atoms with E-state index in [2.05, 4.69) is 0 Å². The second kappa shape index (κ2) is 5.06. The Hall–Kier alpha value is -1.20. The van der Waals surface area contributed by atoms with Gasteiger partial charge in [-0.15, -0.1) is 0 Å². The molecule has 2 atom stereocenters. The molecule has 1 heterocycles. The summed E-state index contributed by atoms with van der Waals surface area (Å²) < 4.78 is 30.2. The van der Waals surface area contributed by atoms with Crippen LogP contribution in [0.2, 0.25) is 0 Å². The highest BCUT2D eigenvalue weighted by Gasteiger charge is 2.28. The Morgan fingerprint density at radius 2 is 2.16 bits per heavy atom. The molecule has 0 radical (unpaired) electrons. The number of hydrogen-bond donors (Lipinski definition) is 1. The molecule has 0 aliphatic carbocycles. The van der Waals surface area contributed by atoms with Crippen molar-refractivity contribution < 1.29 is 13.0 Å². The fraction of sp³-hybridized carbons (Fsp3) is 0.429. The zero-order valence-corrected chi connectivity index (χ0v) is 12.1. The van der Waals surface area contributed by atoms with Gasteiger partial charge in [-0.2, -0.15) is 0 Å². The lowest BCUT2D eigenvalue weighted by Crippen LogP contribution is -2.33. The van der Waals surface area contributed by atoms with E-state index in [1.54, 1.807) is 18.2 Å². The molecule has 2 aromatic rings. The molecule has 0 bridgehead atoms. The van der Waals surface area contributed by atoms with Gasteiger partial charge in [-0.3, -0.25) is 5.14 Å². The topological polar surface area (TPSA) is 56.2 Å². The minimum Gasteiger partial charge on any atom is -0.461 e. The van der Waals surface area contributed by atoms with Crippen molar-refractivity contribution in [2.45, 2.75) is 37.9 Å². The van der Waals surface area contributed by atoms with Crippen molar-refractivity contribution in [2.24, 2.45) is 5.14 Å². The predicted octanol–water partition coefficient (Wildman–Crippen LogP) is 3.47. The van der Waals surface area contributed by atoms with Crippen molar-refractivity contribution in [1.29, 1.82) is 0 Å². The molecule has 0 saturated heterocycles. The Morgan fingerprint density at radius 3 is 2.74 bits per heavy atom. The van der Waals surface area contributed by atoms with E-state index in [1.165, 1.54) is 6.07 Å². The van der Waals surface area contributed by atoms with Crippen LogP contribution in [0.5, 0.6) is 0 Å². The molecule has 0 aliphatic heterocycles. The zero-order chi connectivity index (χ0) is 14.2. The van der Waals surface area contributed by atoms with Gasteiger partial charge >= 0.3 is 0 Å².